The highest BCUT2D eigenvalue weighted by Crippen LogP contribution is 2.16. The molecule has 0 radical (unpaired) electrons. The van der Waals surface area contributed by atoms with Gasteiger partial charge in [-0.2, -0.15) is 0 Å². The number of guanidine groups is 1. The number of ether oxygens (including phenoxy) is 1. The summed E-state index contributed by atoms with van der Waals surface area (Å²) in [4.78, 5) is 10.5. The van der Waals surface area contributed by atoms with Crippen LogP contribution in [0.25, 0.3) is 0 Å². The maximum atomic E-state index is 5.67. The number of aromatic nitrogens is 1. The van der Waals surface area contributed by atoms with Gasteiger partial charge in [0.25, 0.3) is 0 Å². The molecule has 0 saturated heterocycles. The van der Waals surface area contributed by atoms with E-state index in [1.54, 1.807) is 11.3 Å². The standard InChI is InChI=1S/C20H30N4OS/c1-6-21-20(22-12-11-19-24-15(4)16(5)26-19)23-13-17-7-9-18(10-8-17)25-14(2)3/h7-10,14H,6,11-13H2,1-5H3,(H2,21,22,23). The fraction of sp³-hybridized carbons (Fsp3) is 0.500. The van der Waals surface area contributed by atoms with Crippen LogP contribution in [-0.4, -0.2) is 30.1 Å². The summed E-state index contributed by atoms with van der Waals surface area (Å²) in [5.41, 5.74) is 2.29. The highest BCUT2D eigenvalue weighted by molar-refractivity contribution is 7.11. The monoisotopic (exact) mass is 374 g/mol. The second-order valence-corrected chi connectivity index (χ2v) is 7.72. The van der Waals surface area contributed by atoms with Gasteiger partial charge >= 0.3 is 0 Å². The Morgan fingerprint density at radius 1 is 1.19 bits per heavy atom. The highest BCUT2D eigenvalue weighted by atomic mass is 32.1. The van der Waals surface area contributed by atoms with Crippen molar-refractivity contribution in [2.45, 2.75) is 53.7 Å². The Labute approximate surface area is 160 Å². The van der Waals surface area contributed by atoms with Crippen LogP contribution in [0.2, 0.25) is 0 Å². The molecular weight excluding hydrogens is 344 g/mol. The third kappa shape index (κ3) is 6.67. The number of benzene rings is 1. The minimum Gasteiger partial charge on any atom is -0.491 e. The van der Waals surface area contributed by atoms with Crippen molar-refractivity contribution in [3.8, 4) is 5.75 Å². The highest BCUT2D eigenvalue weighted by Gasteiger charge is 2.04. The van der Waals surface area contributed by atoms with Crippen LogP contribution in [0.3, 0.4) is 0 Å². The predicted molar refractivity (Wildman–Crippen MR) is 110 cm³/mol. The molecule has 0 fully saturated rings. The van der Waals surface area contributed by atoms with Crippen molar-refractivity contribution in [2.75, 3.05) is 13.1 Å². The molecule has 1 heterocycles. The third-order valence-corrected chi connectivity index (χ3v) is 4.90. The first-order valence-corrected chi connectivity index (χ1v) is 10.00. The number of aliphatic imine (C=N–C) groups is 1. The van der Waals surface area contributed by atoms with Crippen LogP contribution in [0.1, 0.15) is 41.9 Å². The summed E-state index contributed by atoms with van der Waals surface area (Å²) >= 11 is 1.77. The first-order chi connectivity index (χ1) is 12.5. The van der Waals surface area contributed by atoms with Crippen molar-refractivity contribution in [1.29, 1.82) is 0 Å². The van der Waals surface area contributed by atoms with Crippen molar-refractivity contribution < 1.29 is 4.74 Å². The Kier molecular flexibility index (Phi) is 7.91. The first-order valence-electron chi connectivity index (χ1n) is 9.18. The minimum absolute atomic E-state index is 0.189. The Bertz CT molecular complexity index is 688. The number of nitrogens with one attached hydrogen (secondary N) is 2. The molecule has 5 nitrogen and oxygen atoms in total. The van der Waals surface area contributed by atoms with Gasteiger partial charge in [-0.15, -0.1) is 11.3 Å². The molecule has 1 aromatic carbocycles. The van der Waals surface area contributed by atoms with E-state index in [-0.39, 0.29) is 6.10 Å². The van der Waals surface area contributed by atoms with E-state index in [0.29, 0.717) is 6.54 Å². The molecule has 0 spiro atoms. The van der Waals surface area contributed by atoms with Crippen molar-refractivity contribution >= 4 is 17.3 Å². The number of hydrogen-bond acceptors (Lipinski definition) is 4. The van der Waals surface area contributed by atoms with Gasteiger partial charge in [0.05, 0.1) is 23.4 Å². The second kappa shape index (κ2) is 10.2. The van der Waals surface area contributed by atoms with Gasteiger partial charge in [-0.3, -0.25) is 0 Å². The summed E-state index contributed by atoms with van der Waals surface area (Å²) in [6.07, 6.45) is 1.10. The number of thiazole rings is 1. The Hall–Kier alpha value is -2.08. The lowest BCUT2D eigenvalue weighted by atomic mass is 10.2. The molecule has 0 bridgehead atoms. The Morgan fingerprint density at radius 2 is 1.92 bits per heavy atom. The number of hydrogen-bond donors (Lipinski definition) is 2. The molecule has 0 aliphatic carbocycles. The average molecular weight is 375 g/mol. The van der Waals surface area contributed by atoms with Crippen LogP contribution in [-0.2, 0) is 13.0 Å². The molecule has 2 rings (SSSR count). The van der Waals surface area contributed by atoms with Gasteiger partial charge in [-0.05, 0) is 52.3 Å². The molecule has 1 aromatic heterocycles. The first kappa shape index (κ1) is 20.2. The lowest BCUT2D eigenvalue weighted by Gasteiger charge is -2.11. The van der Waals surface area contributed by atoms with Gasteiger partial charge in [0.2, 0.25) is 0 Å². The van der Waals surface area contributed by atoms with Gasteiger partial charge < -0.3 is 15.4 Å². The molecule has 6 heteroatoms. The average Bonchev–Trinajstić information content (AvgIpc) is 2.91. The van der Waals surface area contributed by atoms with Crippen LogP contribution in [0.15, 0.2) is 29.3 Å². The van der Waals surface area contributed by atoms with Gasteiger partial charge in [-0.25, -0.2) is 9.98 Å². The second-order valence-electron chi connectivity index (χ2n) is 6.43. The van der Waals surface area contributed by atoms with Crippen molar-refractivity contribution in [1.82, 2.24) is 15.6 Å². The summed E-state index contributed by atoms with van der Waals surface area (Å²) in [5.74, 6) is 1.73. The van der Waals surface area contributed by atoms with Crippen LogP contribution >= 0.6 is 11.3 Å². The SMILES string of the molecule is CCNC(=NCc1ccc(OC(C)C)cc1)NCCc1nc(C)c(C)s1. The van der Waals surface area contributed by atoms with E-state index in [2.05, 4.69) is 53.5 Å². The molecule has 0 atom stereocenters. The lowest BCUT2D eigenvalue weighted by Crippen LogP contribution is -2.38. The molecule has 0 saturated carbocycles. The molecule has 2 N–H and O–H groups in total. The smallest absolute Gasteiger partial charge is 0.191 e. The summed E-state index contributed by atoms with van der Waals surface area (Å²) in [6.45, 7) is 12.6. The van der Waals surface area contributed by atoms with Gasteiger partial charge in [0.15, 0.2) is 5.96 Å². The van der Waals surface area contributed by atoms with E-state index >= 15 is 0 Å². The van der Waals surface area contributed by atoms with E-state index in [1.165, 1.54) is 9.88 Å². The predicted octanol–water partition coefficient (Wildman–Crippen LogP) is 3.84. The van der Waals surface area contributed by atoms with Crippen LogP contribution < -0.4 is 15.4 Å². The molecule has 0 aliphatic rings. The molecule has 0 aliphatic heterocycles. The van der Waals surface area contributed by atoms with Crippen molar-refractivity contribution in [3.05, 3.63) is 45.4 Å². The Morgan fingerprint density at radius 3 is 2.50 bits per heavy atom. The maximum absolute atomic E-state index is 5.67. The summed E-state index contributed by atoms with van der Waals surface area (Å²) in [5, 5.41) is 7.85. The number of rotatable bonds is 8. The number of aryl methyl sites for hydroxylation is 2. The van der Waals surface area contributed by atoms with Gasteiger partial charge in [0.1, 0.15) is 5.75 Å². The zero-order valence-electron chi connectivity index (χ0n) is 16.4. The quantitative estimate of drug-likeness (QED) is 0.544. The third-order valence-electron chi connectivity index (χ3n) is 3.76. The van der Waals surface area contributed by atoms with E-state index in [9.17, 15) is 0 Å². The van der Waals surface area contributed by atoms with Crippen LogP contribution in [0, 0.1) is 13.8 Å². The van der Waals surface area contributed by atoms with Gasteiger partial charge in [-0.1, -0.05) is 12.1 Å². The largest absolute Gasteiger partial charge is 0.491 e. The lowest BCUT2D eigenvalue weighted by molar-refractivity contribution is 0.242. The fourth-order valence-corrected chi connectivity index (χ4v) is 3.33. The van der Waals surface area contributed by atoms with Crippen molar-refractivity contribution in [2.24, 2.45) is 4.99 Å². The van der Waals surface area contributed by atoms with Crippen LogP contribution in [0.4, 0.5) is 0 Å². The summed E-state index contributed by atoms with van der Waals surface area (Å²) in [7, 11) is 0. The molecule has 0 amide bonds. The molecule has 142 valence electrons. The molecule has 0 unspecified atom stereocenters. The summed E-state index contributed by atoms with van der Waals surface area (Å²) < 4.78 is 5.67. The van der Waals surface area contributed by atoms with Crippen LogP contribution in [0.5, 0.6) is 5.75 Å². The summed E-state index contributed by atoms with van der Waals surface area (Å²) in [6, 6.07) is 8.12. The fourth-order valence-electron chi connectivity index (χ4n) is 2.39. The van der Waals surface area contributed by atoms with E-state index in [4.69, 9.17) is 4.74 Å². The zero-order valence-corrected chi connectivity index (χ0v) is 17.2. The van der Waals surface area contributed by atoms with E-state index < -0.39 is 0 Å². The Balaban J connectivity index is 1.87. The molecule has 2 aromatic rings. The van der Waals surface area contributed by atoms with E-state index in [0.717, 1.165) is 42.5 Å². The van der Waals surface area contributed by atoms with Gasteiger partial charge in [0, 0.05) is 24.4 Å². The molecule has 26 heavy (non-hydrogen) atoms. The normalized spacial score (nSPS) is 11.7. The minimum atomic E-state index is 0.189. The van der Waals surface area contributed by atoms with E-state index in [1.807, 2.05) is 26.0 Å². The molecular formula is C20H30N4OS. The van der Waals surface area contributed by atoms with Crippen molar-refractivity contribution in [3.63, 3.8) is 0 Å². The topological polar surface area (TPSA) is 58.5 Å². The zero-order chi connectivity index (χ0) is 18.9. The number of nitrogens with zero attached hydrogens (tertiary/aromatic N) is 2. The maximum Gasteiger partial charge on any atom is 0.191 e.